The second-order valence-corrected chi connectivity index (χ2v) is 4.41. The van der Waals surface area contributed by atoms with E-state index in [1.54, 1.807) is 6.20 Å². The van der Waals surface area contributed by atoms with Gasteiger partial charge >= 0.3 is 0 Å². The molecule has 0 atom stereocenters. The number of anilines is 1. The van der Waals surface area contributed by atoms with Crippen molar-refractivity contribution in [2.24, 2.45) is 0 Å². The van der Waals surface area contributed by atoms with Crippen molar-refractivity contribution < 1.29 is 4.79 Å². The molecule has 0 aliphatic heterocycles. The molecular formula is C12H9N3OS. The number of carbonyl (C=O) groups excluding carboxylic acids is 1. The predicted octanol–water partition coefficient (Wildman–Crippen LogP) is 2.65. The molecule has 4 nitrogen and oxygen atoms in total. The highest BCUT2D eigenvalue weighted by Gasteiger charge is 2.11. The van der Waals surface area contributed by atoms with Crippen molar-refractivity contribution in [2.75, 3.05) is 5.32 Å². The zero-order chi connectivity index (χ0) is 11.7. The maximum Gasteiger partial charge on any atom is 0.275 e. The molecule has 0 spiro atoms. The van der Waals surface area contributed by atoms with Crippen LogP contribution >= 0.6 is 11.3 Å². The first kappa shape index (κ1) is 10.0. The molecule has 0 saturated heterocycles. The summed E-state index contributed by atoms with van der Waals surface area (Å²) in [5.74, 6) is -0.188. The van der Waals surface area contributed by atoms with Gasteiger partial charge in [-0.2, -0.15) is 0 Å². The summed E-state index contributed by atoms with van der Waals surface area (Å²) in [7, 11) is 0. The smallest absolute Gasteiger partial charge is 0.275 e. The highest BCUT2D eigenvalue weighted by atomic mass is 32.1. The molecule has 0 fully saturated rings. The number of thiazole rings is 1. The lowest BCUT2D eigenvalue weighted by Gasteiger charge is -2.01. The summed E-state index contributed by atoms with van der Waals surface area (Å²) in [5.41, 5.74) is 1.20. The number of fused-ring (bicyclic) bond motifs is 1. The van der Waals surface area contributed by atoms with Gasteiger partial charge < -0.3 is 5.32 Å². The molecule has 2 heterocycles. The van der Waals surface area contributed by atoms with Gasteiger partial charge in [-0.3, -0.25) is 9.20 Å². The minimum absolute atomic E-state index is 0.188. The maximum atomic E-state index is 11.9. The summed E-state index contributed by atoms with van der Waals surface area (Å²) < 4.78 is 1.84. The third-order valence-electron chi connectivity index (χ3n) is 2.36. The minimum atomic E-state index is -0.188. The number of hydrogen-bond donors (Lipinski definition) is 1. The van der Waals surface area contributed by atoms with E-state index in [4.69, 9.17) is 0 Å². The van der Waals surface area contributed by atoms with Crippen molar-refractivity contribution in [1.82, 2.24) is 9.38 Å². The molecule has 5 heteroatoms. The minimum Gasteiger partial charge on any atom is -0.321 e. The number of para-hydroxylation sites is 1. The second kappa shape index (κ2) is 4.03. The van der Waals surface area contributed by atoms with Crippen LogP contribution in [-0.4, -0.2) is 15.3 Å². The normalized spacial score (nSPS) is 10.6. The fourth-order valence-electron chi connectivity index (χ4n) is 1.55. The number of rotatable bonds is 2. The second-order valence-electron chi connectivity index (χ2n) is 3.54. The van der Waals surface area contributed by atoms with Gasteiger partial charge in [0.05, 0.1) is 0 Å². The lowest BCUT2D eigenvalue weighted by Crippen LogP contribution is -2.12. The molecule has 0 aliphatic rings. The van der Waals surface area contributed by atoms with E-state index < -0.39 is 0 Å². The molecule has 1 amide bonds. The Morgan fingerprint density at radius 2 is 2.12 bits per heavy atom. The SMILES string of the molecule is O=C(Nc1ccccc1)c1cn2ccsc2n1. The standard InChI is InChI=1S/C12H9N3OS/c16-11(13-9-4-2-1-3-5-9)10-8-15-6-7-17-12(15)14-10/h1-8H,(H,13,16). The monoisotopic (exact) mass is 243 g/mol. The number of hydrogen-bond acceptors (Lipinski definition) is 3. The van der Waals surface area contributed by atoms with Crippen molar-refractivity contribution in [2.45, 2.75) is 0 Å². The molecule has 0 saturated carbocycles. The molecular weight excluding hydrogens is 234 g/mol. The summed E-state index contributed by atoms with van der Waals surface area (Å²) in [6, 6.07) is 9.34. The number of amides is 1. The number of nitrogens with zero attached hydrogens (tertiary/aromatic N) is 2. The Bertz CT molecular complexity index is 628. The Balaban J connectivity index is 1.85. The molecule has 0 unspecified atom stereocenters. The summed E-state index contributed by atoms with van der Waals surface area (Å²) in [5, 5.41) is 4.73. The largest absolute Gasteiger partial charge is 0.321 e. The van der Waals surface area contributed by atoms with Crippen LogP contribution in [0.4, 0.5) is 5.69 Å². The average Bonchev–Trinajstić information content (AvgIpc) is 2.90. The van der Waals surface area contributed by atoms with Gasteiger partial charge in [-0.15, -0.1) is 11.3 Å². The lowest BCUT2D eigenvalue weighted by atomic mass is 10.3. The molecule has 0 radical (unpaired) electrons. The maximum absolute atomic E-state index is 11.9. The topological polar surface area (TPSA) is 46.4 Å². The van der Waals surface area contributed by atoms with E-state index in [2.05, 4.69) is 10.3 Å². The third kappa shape index (κ3) is 1.92. The summed E-state index contributed by atoms with van der Waals surface area (Å²) in [6.07, 6.45) is 3.61. The van der Waals surface area contributed by atoms with Gasteiger partial charge in [0.25, 0.3) is 5.91 Å². The Kier molecular flexibility index (Phi) is 2.38. The van der Waals surface area contributed by atoms with Gasteiger partial charge in [-0.1, -0.05) is 18.2 Å². The predicted molar refractivity (Wildman–Crippen MR) is 67.5 cm³/mol. The molecule has 0 aliphatic carbocycles. The van der Waals surface area contributed by atoms with Crippen LogP contribution in [0.3, 0.4) is 0 Å². The molecule has 17 heavy (non-hydrogen) atoms. The molecule has 3 aromatic rings. The molecule has 1 N–H and O–H groups in total. The van der Waals surface area contributed by atoms with Crippen LogP contribution in [0.25, 0.3) is 4.96 Å². The number of benzene rings is 1. The van der Waals surface area contributed by atoms with Crippen molar-refractivity contribution >= 4 is 27.9 Å². The zero-order valence-corrected chi connectivity index (χ0v) is 9.65. The lowest BCUT2D eigenvalue weighted by molar-refractivity contribution is 0.102. The van der Waals surface area contributed by atoms with Gasteiger partial charge in [-0.05, 0) is 12.1 Å². The van der Waals surface area contributed by atoms with Crippen LogP contribution in [0.2, 0.25) is 0 Å². The van der Waals surface area contributed by atoms with Crippen molar-refractivity contribution in [3.63, 3.8) is 0 Å². The first-order chi connectivity index (χ1) is 8.33. The number of nitrogens with one attached hydrogen (secondary N) is 1. The van der Waals surface area contributed by atoms with E-state index in [1.165, 1.54) is 11.3 Å². The number of imidazole rings is 1. The Morgan fingerprint density at radius 3 is 2.88 bits per heavy atom. The molecule has 3 rings (SSSR count). The van der Waals surface area contributed by atoms with Gasteiger partial charge in [0.1, 0.15) is 5.69 Å². The zero-order valence-electron chi connectivity index (χ0n) is 8.83. The molecule has 0 bridgehead atoms. The molecule has 1 aromatic carbocycles. The first-order valence-corrected chi connectivity index (χ1v) is 5.99. The van der Waals surface area contributed by atoms with E-state index in [0.29, 0.717) is 5.69 Å². The van der Waals surface area contributed by atoms with Crippen LogP contribution in [0.15, 0.2) is 48.1 Å². The van der Waals surface area contributed by atoms with Crippen LogP contribution < -0.4 is 5.32 Å². The number of aromatic nitrogens is 2. The molecule has 2 aromatic heterocycles. The van der Waals surface area contributed by atoms with Crippen molar-refractivity contribution in [3.05, 3.63) is 53.8 Å². The highest BCUT2D eigenvalue weighted by molar-refractivity contribution is 7.15. The van der Waals surface area contributed by atoms with Gasteiger partial charge in [0.15, 0.2) is 4.96 Å². The average molecular weight is 243 g/mol. The van der Waals surface area contributed by atoms with Crippen molar-refractivity contribution in [3.8, 4) is 0 Å². The van der Waals surface area contributed by atoms with Crippen LogP contribution in [-0.2, 0) is 0 Å². The third-order valence-corrected chi connectivity index (χ3v) is 3.13. The van der Waals surface area contributed by atoms with Crippen molar-refractivity contribution in [1.29, 1.82) is 0 Å². The van der Waals surface area contributed by atoms with Crippen LogP contribution in [0.1, 0.15) is 10.5 Å². The highest BCUT2D eigenvalue weighted by Crippen LogP contribution is 2.13. The van der Waals surface area contributed by atoms with E-state index in [-0.39, 0.29) is 5.91 Å². The number of carbonyl (C=O) groups is 1. The van der Waals surface area contributed by atoms with E-state index in [9.17, 15) is 4.79 Å². The van der Waals surface area contributed by atoms with E-state index in [0.717, 1.165) is 10.6 Å². The quantitative estimate of drug-likeness (QED) is 0.752. The fourth-order valence-corrected chi connectivity index (χ4v) is 2.25. The Morgan fingerprint density at radius 1 is 1.29 bits per heavy atom. The fraction of sp³-hybridized carbons (Fsp3) is 0. The Labute approximate surface area is 102 Å². The summed E-state index contributed by atoms with van der Waals surface area (Å²) in [4.78, 5) is 17.0. The van der Waals surface area contributed by atoms with Gasteiger partial charge in [-0.25, -0.2) is 4.98 Å². The first-order valence-electron chi connectivity index (χ1n) is 5.11. The van der Waals surface area contributed by atoms with Crippen LogP contribution in [0, 0.1) is 0 Å². The van der Waals surface area contributed by atoms with E-state index in [1.807, 2.05) is 46.3 Å². The van der Waals surface area contributed by atoms with Gasteiger partial charge in [0, 0.05) is 23.5 Å². The van der Waals surface area contributed by atoms with E-state index >= 15 is 0 Å². The Hall–Kier alpha value is -2.14. The molecule has 84 valence electrons. The summed E-state index contributed by atoms with van der Waals surface area (Å²) in [6.45, 7) is 0. The van der Waals surface area contributed by atoms with Gasteiger partial charge in [0.2, 0.25) is 0 Å². The summed E-state index contributed by atoms with van der Waals surface area (Å²) >= 11 is 1.50. The van der Waals surface area contributed by atoms with Crippen LogP contribution in [0.5, 0.6) is 0 Å².